The molecule has 19 heavy (non-hydrogen) atoms. The van der Waals surface area contributed by atoms with Crippen LogP contribution in [0.5, 0.6) is 5.75 Å². The zero-order valence-corrected chi connectivity index (χ0v) is 12.7. The highest BCUT2D eigenvalue weighted by Crippen LogP contribution is 2.23. The van der Waals surface area contributed by atoms with Gasteiger partial charge in [-0.1, -0.05) is 23.7 Å². The fourth-order valence-corrected chi connectivity index (χ4v) is 3.19. The van der Waals surface area contributed by atoms with Crippen LogP contribution in [-0.2, 0) is 12.8 Å². The van der Waals surface area contributed by atoms with E-state index in [9.17, 15) is 0 Å². The van der Waals surface area contributed by atoms with Gasteiger partial charge >= 0.3 is 0 Å². The van der Waals surface area contributed by atoms with Crippen LogP contribution in [0, 0.1) is 0 Å². The van der Waals surface area contributed by atoms with Gasteiger partial charge in [0, 0.05) is 10.9 Å². The third kappa shape index (κ3) is 4.23. The Balaban J connectivity index is 1.97. The first-order valence-corrected chi connectivity index (χ1v) is 7.45. The van der Waals surface area contributed by atoms with Crippen molar-refractivity contribution in [2.75, 3.05) is 14.2 Å². The quantitative estimate of drug-likeness (QED) is 0.875. The Morgan fingerprint density at radius 2 is 1.89 bits per heavy atom. The van der Waals surface area contributed by atoms with Gasteiger partial charge in [0.05, 0.1) is 11.4 Å². The minimum Gasteiger partial charge on any atom is -0.497 e. The monoisotopic (exact) mass is 295 g/mol. The molecule has 1 aromatic heterocycles. The van der Waals surface area contributed by atoms with Gasteiger partial charge in [0.25, 0.3) is 0 Å². The molecule has 2 rings (SSSR count). The number of hydrogen-bond donors (Lipinski definition) is 1. The molecule has 4 heteroatoms. The Labute approximate surface area is 123 Å². The van der Waals surface area contributed by atoms with Crippen LogP contribution in [0.15, 0.2) is 36.4 Å². The van der Waals surface area contributed by atoms with Crippen LogP contribution in [0.2, 0.25) is 4.34 Å². The summed E-state index contributed by atoms with van der Waals surface area (Å²) < 4.78 is 6.03. The maximum atomic E-state index is 5.96. The van der Waals surface area contributed by atoms with Crippen molar-refractivity contribution in [3.63, 3.8) is 0 Å². The van der Waals surface area contributed by atoms with Crippen molar-refractivity contribution in [1.82, 2.24) is 5.32 Å². The van der Waals surface area contributed by atoms with Gasteiger partial charge in [0.2, 0.25) is 0 Å². The van der Waals surface area contributed by atoms with Crippen LogP contribution < -0.4 is 10.1 Å². The van der Waals surface area contributed by atoms with Crippen LogP contribution in [0.1, 0.15) is 10.4 Å². The maximum absolute atomic E-state index is 5.96. The van der Waals surface area contributed by atoms with Gasteiger partial charge in [-0.15, -0.1) is 11.3 Å². The summed E-state index contributed by atoms with van der Waals surface area (Å²) in [5.41, 5.74) is 1.31. The number of benzene rings is 1. The second-order valence-electron chi connectivity index (χ2n) is 4.45. The summed E-state index contributed by atoms with van der Waals surface area (Å²) in [7, 11) is 3.69. The summed E-state index contributed by atoms with van der Waals surface area (Å²) in [6.45, 7) is 0. The van der Waals surface area contributed by atoms with Crippen LogP contribution in [0.25, 0.3) is 0 Å². The van der Waals surface area contributed by atoms with Crippen molar-refractivity contribution < 1.29 is 4.74 Å². The van der Waals surface area contributed by atoms with E-state index < -0.39 is 0 Å². The van der Waals surface area contributed by atoms with E-state index in [1.54, 1.807) is 18.4 Å². The molecule has 0 saturated carbocycles. The Hall–Kier alpha value is -1.03. The van der Waals surface area contributed by atoms with Crippen molar-refractivity contribution >= 4 is 22.9 Å². The molecule has 0 aliphatic heterocycles. The predicted molar refractivity (Wildman–Crippen MR) is 82.6 cm³/mol. The van der Waals surface area contributed by atoms with E-state index in [1.165, 1.54) is 10.4 Å². The van der Waals surface area contributed by atoms with Crippen LogP contribution in [0.3, 0.4) is 0 Å². The predicted octanol–water partition coefficient (Wildman–Crippen LogP) is 3.78. The fraction of sp³-hybridized carbons (Fsp3) is 0.333. The highest BCUT2D eigenvalue weighted by Gasteiger charge is 2.10. The third-order valence-electron chi connectivity index (χ3n) is 3.13. The van der Waals surface area contributed by atoms with E-state index in [0.29, 0.717) is 6.04 Å². The third-order valence-corrected chi connectivity index (χ3v) is 4.38. The molecule has 0 spiro atoms. The van der Waals surface area contributed by atoms with E-state index >= 15 is 0 Å². The molecular weight excluding hydrogens is 278 g/mol. The SMILES string of the molecule is CNC(Cc1ccc(OC)cc1)Cc1ccc(Cl)s1. The lowest BCUT2D eigenvalue weighted by atomic mass is 10.0. The molecule has 1 heterocycles. The van der Waals surface area contributed by atoms with Crippen molar-refractivity contribution in [2.45, 2.75) is 18.9 Å². The zero-order valence-electron chi connectivity index (χ0n) is 11.2. The van der Waals surface area contributed by atoms with Crippen molar-refractivity contribution in [3.8, 4) is 5.75 Å². The van der Waals surface area contributed by atoms with Gasteiger partial charge in [-0.3, -0.25) is 0 Å². The first kappa shape index (κ1) is 14.4. The highest BCUT2D eigenvalue weighted by atomic mass is 35.5. The maximum Gasteiger partial charge on any atom is 0.118 e. The van der Waals surface area contributed by atoms with E-state index in [4.69, 9.17) is 16.3 Å². The number of thiophene rings is 1. The fourth-order valence-electron chi connectivity index (χ4n) is 2.03. The average Bonchev–Trinajstić information content (AvgIpc) is 2.84. The Morgan fingerprint density at radius 1 is 1.16 bits per heavy atom. The summed E-state index contributed by atoms with van der Waals surface area (Å²) >= 11 is 7.62. The summed E-state index contributed by atoms with van der Waals surface area (Å²) in [5, 5.41) is 3.37. The van der Waals surface area contributed by atoms with Crippen molar-refractivity contribution in [2.24, 2.45) is 0 Å². The Bertz CT molecular complexity index is 509. The summed E-state index contributed by atoms with van der Waals surface area (Å²) in [4.78, 5) is 1.32. The number of methoxy groups -OCH3 is 1. The van der Waals surface area contributed by atoms with E-state index in [1.807, 2.05) is 25.2 Å². The first-order chi connectivity index (χ1) is 9.21. The van der Waals surface area contributed by atoms with Crippen LogP contribution in [-0.4, -0.2) is 20.2 Å². The summed E-state index contributed by atoms with van der Waals surface area (Å²) in [5.74, 6) is 0.898. The Morgan fingerprint density at radius 3 is 2.42 bits per heavy atom. The van der Waals surface area contributed by atoms with Gasteiger partial charge in [0.1, 0.15) is 5.75 Å². The normalized spacial score (nSPS) is 12.4. The van der Waals surface area contributed by atoms with Crippen LogP contribution in [0.4, 0.5) is 0 Å². The van der Waals surface area contributed by atoms with E-state index in [0.717, 1.165) is 22.9 Å². The van der Waals surface area contributed by atoms with Crippen molar-refractivity contribution in [3.05, 3.63) is 51.2 Å². The molecule has 0 saturated heterocycles. The van der Waals surface area contributed by atoms with Gasteiger partial charge in [-0.25, -0.2) is 0 Å². The van der Waals surface area contributed by atoms with Crippen molar-refractivity contribution in [1.29, 1.82) is 0 Å². The molecule has 1 N–H and O–H groups in total. The number of nitrogens with one attached hydrogen (secondary N) is 1. The molecular formula is C15H18ClNOS. The lowest BCUT2D eigenvalue weighted by molar-refractivity contribution is 0.414. The first-order valence-electron chi connectivity index (χ1n) is 6.25. The largest absolute Gasteiger partial charge is 0.497 e. The second kappa shape index (κ2) is 6.94. The molecule has 1 atom stereocenters. The summed E-state index contributed by atoms with van der Waals surface area (Å²) in [6, 6.07) is 12.7. The molecule has 0 fully saturated rings. The van der Waals surface area contributed by atoms with Gasteiger partial charge in [0.15, 0.2) is 0 Å². The standard InChI is InChI=1S/C15H18ClNOS/c1-17-12(10-14-7-8-15(16)19-14)9-11-3-5-13(18-2)6-4-11/h3-8,12,17H,9-10H2,1-2H3. The minimum atomic E-state index is 0.420. The van der Waals surface area contributed by atoms with Gasteiger partial charge < -0.3 is 10.1 Å². The molecule has 0 amide bonds. The molecule has 0 radical (unpaired) electrons. The molecule has 0 aliphatic carbocycles. The zero-order chi connectivity index (χ0) is 13.7. The van der Waals surface area contributed by atoms with Gasteiger partial charge in [-0.05, 0) is 49.7 Å². The lowest BCUT2D eigenvalue weighted by Crippen LogP contribution is -2.29. The van der Waals surface area contributed by atoms with Gasteiger partial charge in [-0.2, -0.15) is 0 Å². The molecule has 1 unspecified atom stereocenters. The second-order valence-corrected chi connectivity index (χ2v) is 6.25. The lowest BCUT2D eigenvalue weighted by Gasteiger charge is -2.15. The number of hydrogen-bond acceptors (Lipinski definition) is 3. The number of ether oxygens (including phenoxy) is 1. The molecule has 0 bridgehead atoms. The molecule has 0 aliphatic rings. The highest BCUT2D eigenvalue weighted by molar-refractivity contribution is 7.16. The molecule has 1 aromatic carbocycles. The topological polar surface area (TPSA) is 21.3 Å². The average molecular weight is 296 g/mol. The summed E-state index contributed by atoms with van der Waals surface area (Å²) in [6.07, 6.45) is 2.00. The number of halogens is 1. The molecule has 2 aromatic rings. The molecule has 102 valence electrons. The smallest absolute Gasteiger partial charge is 0.118 e. The molecule has 2 nitrogen and oxygen atoms in total. The Kier molecular flexibility index (Phi) is 5.25. The number of rotatable bonds is 6. The van der Waals surface area contributed by atoms with Crippen LogP contribution >= 0.6 is 22.9 Å². The number of likely N-dealkylation sites (N-methyl/N-ethyl adjacent to an activating group) is 1. The van der Waals surface area contributed by atoms with E-state index in [-0.39, 0.29) is 0 Å². The van der Waals surface area contributed by atoms with E-state index in [2.05, 4.69) is 23.5 Å². The minimum absolute atomic E-state index is 0.420.